The van der Waals surface area contributed by atoms with Crippen LogP contribution in [-0.2, 0) is 21.2 Å². The van der Waals surface area contributed by atoms with E-state index in [4.69, 9.17) is 0 Å². The first-order valence-electron chi connectivity index (χ1n) is 7.27. The Hall–Kier alpha value is -2.28. The van der Waals surface area contributed by atoms with Gasteiger partial charge in [0.2, 0.25) is 0 Å². The maximum atomic E-state index is 12.5. The number of esters is 1. The van der Waals surface area contributed by atoms with E-state index in [0.29, 0.717) is 5.69 Å². The van der Waals surface area contributed by atoms with Gasteiger partial charge in [-0.1, -0.05) is 25.5 Å². The molecule has 2 rings (SSSR count). The number of aromatic nitrogens is 1. The number of rotatable bonds is 6. The third-order valence-corrected chi connectivity index (χ3v) is 4.74. The van der Waals surface area contributed by atoms with Gasteiger partial charge < -0.3 is 9.72 Å². The summed E-state index contributed by atoms with van der Waals surface area (Å²) in [5.74, 6) is -0.630. The zero-order valence-electron chi connectivity index (χ0n) is 13.3. The molecule has 0 aliphatic carbocycles. The van der Waals surface area contributed by atoms with Gasteiger partial charge in [-0.25, -0.2) is 13.2 Å². The predicted octanol–water partition coefficient (Wildman–Crippen LogP) is 2.86. The molecule has 6 nitrogen and oxygen atoms in total. The molecule has 2 N–H and O–H groups in total. The van der Waals surface area contributed by atoms with Gasteiger partial charge in [-0.2, -0.15) is 0 Å². The Morgan fingerprint density at radius 2 is 1.91 bits per heavy atom. The number of nitrogens with one attached hydrogen (secondary N) is 2. The van der Waals surface area contributed by atoms with Crippen molar-refractivity contribution in [3.05, 3.63) is 47.3 Å². The molecule has 124 valence electrons. The smallest absolute Gasteiger partial charge is 0.356 e. The summed E-state index contributed by atoms with van der Waals surface area (Å²) in [7, 11) is -2.53. The van der Waals surface area contributed by atoms with Crippen LogP contribution in [0.3, 0.4) is 0 Å². The van der Waals surface area contributed by atoms with Crippen molar-refractivity contribution < 1.29 is 17.9 Å². The lowest BCUT2D eigenvalue weighted by Crippen LogP contribution is -2.15. The van der Waals surface area contributed by atoms with E-state index in [9.17, 15) is 13.2 Å². The molecular weight excluding hydrogens is 316 g/mol. The quantitative estimate of drug-likeness (QED) is 0.794. The van der Waals surface area contributed by atoms with Gasteiger partial charge in [0.25, 0.3) is 10.0 Å². The van der Waals surface area contributed by atoms with Crippen LogP contribution in [-0.4, -0.2) is 26.5 Å². The second kappa shape index (κ2) is 6.87. The fourth-order valence-electron chi connectivity index (χ4n) is 2.26. The minimum Gasteiger partial charge on any atom is -0.464 e. The second-order valence-corrected chi connectivity index (χ2v) is 6.91. The highest BCUT2D eigenvalue weighted by molar-refractivity contribution is 7.92. The molecule has 0 saturated heterocycles. The normalized spacial score (nSPS) is 11.3. The van der Waals surface area contributed by atoms with E-state index in [2.05, 4.69) is 21.4 Å². The van der Waals surface area contributed by atoms with Gasteiger partial charge in [0.05, 0.1) is 17.7 Å². The predicted molar refractivity (Wildman–Crippen MR) is 88.1 cm³/mol. The van der Waals surface area contributed by atoms with Gasteiger partial charge in [-0.05, 0) is 37.1 Å². The SMILES string of the molecule is CCCc1ccc(S(=O)(=O)Nc2cc(C)[nH]c2C(=O)OC)cc1. The number of sulfonamides is 1. The molecule has 0 aliphatic heterocycles. The number of carbonyl (C=O) groups excluding carboxylic acids is 1. The van der Waals surface area contributed by atoms with Crippen LogP contribution in [0.15, 0.2) is 35.2 Å². The number of carbonyl (C=O) groups is 1. The van der Waals surface area contributed by atoms with Crippen LogP contribution >= 0.6 is 0 Å². The first-order chi connectivity index (χ1) is 10.9. The van der Waals surface area contributed by atoms with Crippen LogP contribution in [0.25, 0.3) is 0 Å². The zero-order chi connectivity index (χ0) is 17.0. The number of ether oxygens (including phenoxy) is 1. The van der Waals surface area contributed by atoms with Crippen LogP contribution in [0, 0.1) is 6.92 Å². The molecule has 23 heavy (non-hydrogen) atoms. The molecule has 0 amide bonds. The summed E-state index contributed by atoms with van der Waals surface area (Å²) in [6.07, 6.45) is 1.90. The molecule has 0 aliphatic rings. The first kappa shape index (κ1) is 17.1. The van der Waals surface area contributed by atoms with Crippen LogP contribution in [0.4, 0.5) is 5.69 Å². The fourth-order valence-corrected chi connectivity index (χ4v) is 3.32. The van der Waals surface area contributed by atoms with Gasteiger partial charge in [0.15, 0.2) is 0 Å². The lowest BCUT2D eigenvalue weighted by molar-refractivity contribution is 0.0596. The van der Waals surface area contributed by atoms with Crippen molar-refractivity contribution >= 4 is 21.7 Å². The average Bonchev–Trinajstić information content (AvgIpc) is 2.87. The molecule has 0 bridgehead atoms. The van der Waals surface area contributed by atoms with E-state index in [1.807, 2.05) is 0 Å². The standard InChI is InChI=1S/C16H20N2O4S/c1-4-5-12-6-8-13(9-7-12)23(20,21)18-14-10-11(2)17-15(14)16(19)22-3/h6-10,17-18H,4-5H2,1-3H3. The third-order valence-electron chi connectivity index (χ3n) is 3.36. The minimum atomic E-state index is -3.77. The lowest BCUT2D eigenvalue weighted by Gasteiger charge is -2.09. The largest absolute Gasteiger partial charge is 0.464 e. The van der Waals surface area contributed by atoms with E-state index >= 15 is 0 Å². The van der Waals surface area contributed by atoms with Crippen LogP contribution in [0.5, 0.6) is 0 Å². The molecule has 1 aromatic carbocycles. The third kappa shape index (κ3) is 3.92. The monoisotopic (exact) mass is 336 g/mol. The number of methoxy groups -OCH3 is 1. The summed E-state index contributed by atoms with van der Waals surface area (Å²) >= 11 is 0. The number of hydrogen-bond donors (Lipinski definition) is 2. The van der Waals surface area contributed by atoms with Crippen molar-refractivity contribution in [1.82, 2.24) is 4.98 Å². The van der Waals surface area contributed by atoms with Gasteiger partial charge in [0.1, 0.15) is 5.69 Å². The Morgan fingerprint density at radius 3 is 2.48 bits per heavy atom. The summed E-state index contributed by atoms with van der Waals surface area (Å²) in [5.41, 5.74) is 1.99. The summed E-state index contributed by atoms with van der Waals surface area (Å²) in [6, 6.07) is 8.26. The number of anilines is 1. The maximum absolute atomic E-state index is 12.5. The molecule has 0 fully saturated rings. The van der Waals surface area contributed by atoms with Crippen molar-refractivity contribution in [2.45, 2.75) is 31.6 Å². The minimum absolute atomic E-state index is 0.0798. The van der Waals surface area contributed by atoms with Crippen molar-refractivity contribution in [3.8, 4) is 0 Å². The van der Waals surface area contributed by atoms with Gasteiger partial charge in [0, 0.05) is 5.69 Å². The molecular formula is C16H20N2O4S. The van der Waals surface area contributed by atoms with E-state index in [1.54, 1.807) is 37.3 Å². The molecule has 0 radical (unpaired) electrons. The molecule has 1 aromatic heterocycles. The Balaban J connectivity index is 2.29. The van der Waals surface area contributed by atoms with Crippen LogP contribution in [0.1, 0.15) is 35.1 Å². The first-order valence-corrected chi connectivity index (χ1v) is 8.75. The highest BCUT2D eigenvalue weighted by Gasteiger charge is 2.21. The van der Waals surface area contributed by atoms with E-state index in [-0.39, 0.29) is 16.3 Å². The molecule has 7 heteroatoms. The summed E-state index contributed by atoms with van der Waals surface area (Å²) in [5, 5.41) is 0. The molecule has 0 unspecified atom stereocenters. The Kier molecular flexibility index (Phi) is 5.10. The maximum Gasteiger partial charge on any atom is 0.356 e. The van der Waals surface area contributed by atoms with E-state index in [0.717, 1.165) is 18.4 Å². The summed E-state index contributed by atoms with van der Waals surface area (Å²) in [6.45, 7) is 3.79. The molecule has 2 aromatic rings. The Morgan fingerprint density at radius 1 is 1.26 bits per heavy atom. The van der Waals surface area contributed by atoms with Crippen molar-refractivity contribution in [2.24, 2.45) is 0 Å². The molecule has 0 spiro atoms. The molecule has 0 atom stereocenters. The van der Waals surface area contributed by atoms with Crippen molar-refractivity contribution in [2.75, 3.05) is 11.8 Å². The van der Waals surface area contributed by atoms with E-state index < -0.39 is 16.0 Å². The number of hydrogen-bond acceptors (Lipinski definition) is 4. The average molecular weight is 336 g/mol. The number of benzene rings is 1. The van der Waals surface area contributed by atoms with Gasteiger partial charge in [-0.3, -0.25) is 4.72 Å². The van der Waals surface area contributed by atoms with Crippen LogP contribution < -0.4 is 4.72 Å². The molecule has 1 heterocycles. The zero-order valence-corrected chi connectivity index (χ0v) is 14.2. The van der Waals surface area contributed by atoms with Crippen molar-refractivity contribution in [3.63, 3.8) is 0 Å². The summed E-state index contributed by atoms with van der Waals surface area (Å²) in [4.78, 5) is 14.6. The van der Waals surface area contributed by atoms with Gasteiger partial charge >= 0.3 is 5.97 Å². The second-order valence-electron chi connectivity index (χ2n) is 5.23. The number of aromatic amines is 1. The lowest BCUT2D eigenvalue weighted by atomic mass is 10.1. The summed E-state index contributed by atoms with van der Waals surface area (Å²) < 4.78 is 32.0. The van der Waals surface area contributed by atoms with Crippen molar-refractivity contribution in [1.29, 1.82) is 0 Å². The highest BCUT2D eigenvalue weighted by Crippen LogP contribution is 2.22. The Bertz CT molecular complexity index is 792. The number of aryl methyl sites for hydroxylation is 2. The highest BCUT2D eigenvalue weighted by atomic mass is 32.2. The topological polar surface area (TPSA) is 88.3 Å². The van der Waals surface area contributed by atoms with Gasteiger partial charge in [-0.15, -0.1) is 0 Å². The van der Waals surface area contributed by atoms with Crippen LogP contribution in [0.2, 0.25) is 0 Å². The van der Waals surface area contributed by atoms with E-state index in [1.165, 1.54) is 7.11 Å². The Labute approximate surface area is 135 Å². The fraction of sp³-hybridized carbons (Fsp3) is 0.312. The molecule has 0 saturated carbocycles. The number of H-pyrrole nitrogens is 1.